The van der Waals surface area contributed by atoms with Crippen molar-refractivity contribution in [3.8, 4) is 11.3 Å². The van der Waals surface area contributed by atoms with Crippen LogP contribution in [0.25, 0.3) is 11.3 Å². The Bertz CT molecular complexity index is 1110. The van der Waals surface area contributed by atoms with Crippen molar-refractivity contribution >= 4 is 23.4 Å². The third-order valence-electron chi connectivity index (χ3n) is 6.02. The highest BCUT2D eigenvalue weighted by atomic mass is 16.2. The number of benzene rings is 2. The van der Waals surface area contributed by atoms with Crippen LogP contribution in [-0.4, -0.2) is 40.4 Å². The van der Waals surface area contributed by atoms with Crippen LogP contribution in [-0.2, 0) is 10.2 Å². The first-order valence-corrected chi connectivity index (χ1v) is 11.5. The monoisotopic (exact) mass is 443 g/mol. The average molecular weight is 444 g/mol. The second-order valence-electron chi connectivity index (χ2n) is 10.0. The van der Waals surface area contributed by atoms with Gasteiger partial charge in [0.1, 0.15) is 5.82 Å². The van der Waals surface area contributed by atoms with Crippen molar-refractivity contribution in [2.45, 2.75) is 51.0 Å². The van der Waals surface area contributed by atoms with Gasteiger partial charge in [0.15, 0.2) is 0 Å². The lowest BCUT2D eigenvalue weighted by molar-refractivity contribution is -0.138. The summed E-state index contributed by atoms with van der Waals surface area (Å²) >= 11 is 0. The summed E-state index contributed by atoms with van der Waals surface area (Å²) in [6, 6.07) is 20.2. The van der Waals surface area contributed by atoms with Gasteiger partial charge in [-0.15, -0.1) is 0 Å². The number of hydrogen-bond donors (Lipinski definition) is 2. The normalized spacial score (nSPS) is 14.8. The second kappa shape index (κ2) is 8.85. The van der Waals surface area contributed by atoms with E-state index >= 15 is 0 Å². The van der Waals surface area contributed by atoms with E-state index in [4.69, 9.17) is 9.97 Å². The van der Waals surface area contributed by atoms with E-state index in [1.54, 1.807) is 4.90 Å². The van der Waals surface area contributed by atoms with Gasteiger partial charge < -0.3 is 15.5 Å². The summed E-state index contributed by atoms with van der Waals surface area (Å²) in [5, 5.41) is 6.80. The van der Waals surface area contributed by atoms with Crippen LogP contribution in [0.1, 0.15) is 45.6 Å². The molecule has 0 radical (unpaired) electrons. The predicted octanol–water partition coefficient (Wildman–Crippen LogP) is 5.61. The molecular formula is C27H33N5O. The molecule has 0 atom stereocenters. The molecule has 2 aromatic carbocycles. The molecule has 1 aliphatic rings. The summed E-state index contributed by atoms with van der Waals surface area (Å²) in [4.78, 5) is 24.0. The summed E-state index contributed by atoms with van der Waals surface area (Å²) in [5.74, 6) is 1.48. The number of anilines is 3. The zero-order valence-electron chi connectivity index (χ0n) is 20.1. The zero-order valence-corrected chi connectivity index (χ0v) is 20.1. The number of aromatic nitrogens is 2. The summed E-state index contributed by atoms with van der Waals surface area (Å²) in [6.45, 7) is 6.32. The minimum atomic E-state index is -0.379. The predicted molar refractivity (Wildman–Crippen MR) is 135 cm³/mol. The second-order valence-corrected chi connectivity index (χ2v) is 10.0. The number of nitrogens with one attached hydrogen (secondary N) is 2. The van der Waals surface area contributed by atoms with Gasteiger partial charge >= 0.3 is 0 Å². The van der Waals surface area contributed by atoms with Crippen LogP contribution in [0, 0.1) is 0 Å². The fourth-order valence-corrected chi connectivity index (χ4v) is 4.29. The van der Waals surface area contributed by atoms with E-state index in [-0.39, 0.29) is 16.9 Å². The van der Waals surface area contributed by atoms with Crippen molar-refractivity contribution in [2.24, 2.45) is 0 Å². The molecule has 1 heterocycles. The Kier molecular flexibility index (Phi) is 6.11. The maximum atomic E-state index is 12.8. The van der Waals surface area contributed by atoms with E-state index in [0.717, 1.165) is 47.6 Å². The molecule has 1 amide bonds. The van der Waals surface area contributed by atoms with Gasteiger partial charge in [-0.2, -0.15) is 4.98 Å². The van der Waals surface area contributed by atoms with Gasteiger partial charge in [0.2, 0.25) is 11.9 Å². The lowest BCUT2D eigenvalue weighted by atomic mass is 9.63. The molecule has 0 saturated heterocycles. The molecule has 0 spiro atoms. The van der Waals surface area contributed by atoms with Crippen molar-refractivity contribution in [2.75, 3.05) is 24.7 Å². The van der Waals surface area contributed by atoms with Gasteiger partial charge in [0.25, 0.3) is 0 Å². The molecular weight excluding hydrogens is 410 g/mol. The minimum absolute atomic E-state index is 0.128. The Hall–Kier alpha value is -3.41. The molecule has 0 aliphatic heterocycles. The Labute approximate surface area is 196 Å². The maximum absolute atomic E-state index is 12.8. The first-order chi connectivity index (χ1) is 15.7. The molecule has 0 bridgehead atoms. The van der Waals surface area contributed by atoms with Crippen LogP contribution in [0.4, 0.5) is 17.5 Å². The van der Waals surface area contributed by atoms with Crippen LogP contribution >= 0.6 is 0 Å². The van der Waals surface area contributed by atoms with Crippen molar-refractivity contribution < 1.29 is 4.79 Å². The fraction of sp³-hybridized carbons (Fsp3) is 0.370. The van der Waals surface area contributed by atoms with Crippen molar-refractivity contribution in [1.82, 2.24) is 14.9 Å². The fourth-order valence-electron chi connectivity index (χ4n) is 4.29. The lowest BCUT2D eigenvalue weighted by Gasteiger charge is -2.42. The molecule has 1 fully saturated rings. The van der Waals surface area contributed by atoms with Crippen LogP contribution in [0.5, 0.6) is 0 Å². The third kappa shape index (κ3) is 5.00. The summed E-state index contributed by atoms with van der Waals surface area (Å²) in [6.07, 6.45) is 2.89. The van der Waals surface area contributed by atoms with Crippen molar-refractivity contribution in [3.63, 3.8) is 0 Å². The Balaban J connectivity index is 1.62. The molecule has 0 unspecified atom stereocenters. The molecule has 2 N–H and O–H groups in total. The van der Waals surface area contributed by atoms with E-state index in [1.807, 2.05) is 62.6 Å². The molecule has 1 aromatic heterocycles. The van der Waals surface area contributed by atoms with E-state index in [1.165, 1.54) is 0 Å². The molecule has 1 saturated carbocycles. The SMILES string of the molecule is CN(C)C(=O)C1(c2ccc(Nc3nc(NC(C)(C)C)cc(-c4ccccc4)n3)cc2)CCC1. The Morgan fingerprint density at radius 3 is 2.18 bits per heavy atom. The number of likely N-dealkylation sites (N-methyl/N-ethyl adjacent to an activating group) is 1. The molecule has 6 nitrogen and oxygen atoms in total. The van der Waals surface area contributed by atoms with Gasteiger partial charge in [0, 0.05) is 37.0 Å². The van der Waals surface area contributed by atoms with E-state index in [2.05, 4.69) is 43.5 Å². The van der Waals surface area contributed by atoms with Gasteiger partial charge in [-0.1, -0.05) is 48.9 Å². The lowest BCUT2D eigenvalue weighted by Crippen LogP contribution is -2.48. The van der Waals surface area contributed by atoms with Gasteiger partial charge in [-0.25, -0.2) is 4.98 Å². The van der Waals surface area contributed by atoms with Gasteiger partial charge in [0.05, 0.1) is 11.1 Å². The number of carbonyl (C=O) groups is 1. The molecule has 33 heavy (non-hydrogen) atoms. The number of carbonyl (C=O) groups excluding carboxylic acids is 1. The summed E-state index contributed by atoms with van der Waals surface area (Å²) < 4.78 is 0. The van der Waals surface area contributed by atoms with Crippen LogP contribution in [0.15, 0.2) is 60.7 Å². The minimum Gasteiger partial charge on any atom is -0.365 e. The first kappa shape index (κ1) is 22.8. The van der Waals surface area contributed by atoms with E-state index in [0.29, 0.717) is 5.95 Å². The third-order valence-corrected chi connectivity index (χ3v) is 6.02. The molecule has 1 aliphatic carbocycles. The number of rotatable bonds is 6. The van der Waals surface area contributed by atoms with Gasteiger partial charge in [-0.05, 0) is 51.3 Å². The molecule has 3 aromatic rings. The molecule has 4 rings (SSSR count). The van der Waals surface area contributed by atoms with Crippen molar-refractivity contribution in [3.05, 3.63) is 66.2 Å². The maximum Gasteiger partial charge on any atom is 0.232 e. The number of amides is 1. The van der Waals surface area contributed by atoms with Crippen LogP contribution in [0.3, 0.4) is 0 Å². The van der Waals surface area contributed by atoms with Crippen LogP contribution < -0.4 is 10.6 Å². The Morgan fingerprint density at radius 1 is 0.970 bits per heavy atom. The Morgan fingerprint density at radius 2 is 1.64 bits per heavy atom. The molecule has 6 heteroatoms. The number of nitrogens with zero attached hydrogens (tertiary/aromatic N) is 3. The standard InChI is InChI=1S/C27H33N5O/c1-26(2,3)31-23-18-22(19-10-7-6-8-11-19)29-25(30-23)28-21-14-12-20(13-15-21)27(16-9-17-27)24(33)32(4)5/h6-8,10-15,18H,9,16-17H2,1-5H3,(H2,28,29,30,31). The average Bonchev–Trinajstić information content (AvgIpc) is 2.73. The van der Waals surface area contributed by atoms with Crippen LogP contribution in [0.2, 0.25) is 0 Å². The first-order valence-electron chi connectivity index (χ1n) is 11.5. The topological polar surface area (TPSA) is 70.2 Å². The summed E-state index contributed by atoms with van der Waals surface area (Å²) in [5.41, 5.74) is 3.34. The van der Waals surface area contributed by atoms with Gasteiger partial charge in [-0.3, -0.25) is 4.79 Å². The highest BCUT2D eigenvalue weighted by molar-refractivity contribution is 5.89. The molecule has 172 valence electrons. The summed E-state index contributed by atoms with van der Waals surface area (Å²) in [7, 11) is 3.66. The smallest absolute Gasteiger partial charge is 0.232 e. The number of hydrogen-bond acceptors (Lipinski definition) is 5. The highest BCUT2D eigenvalue weighted by Gasteiger charge is 2.46. The van der Waals surface area contributed by atoms with E-state index < -0.39 is 0 Å². The quantitative estimate of drug-likeness (QED) is 0.518. The zero-order chi connectivity index (χ0) is 23.6. The van der Waals surface area contributed by atoms with Crippen molar-refractivity contribution in [1.29, 1.82) is 0 Å². The largest absolute Gasteiger partial charge is 0.365 e. The van der Waals surface area contributed by atoms with E-state index in [9.17, 15) is 4.79 Å². The highest BCUT2D eigenvalue weighted by Crippen LogP contribution is 2.45.